The summed E-state index contributed by atoms with van der Waals surface area (Å²) in [5, 5.41) is 4.83. The summed E-state index contributed by atoms with van der Waals surface area (Å²) in [6.07, 6.45) is 0. The van der Waals surface area contributed by atoms with Crippen LogP contribution in [0.4, 0.5) is 0 Å². The number of fused-ring (bicyclic) bond motifs is 9. The first-order valence-electron chi connectivity index (χ1n) is 20.8. The molecule has 0 amide bonds. The zero-order chi connectivity index (χ0) is 40.0. The van der Waals surface area contributed by atoms with Crippen molar-refractivity contribution in [2.24, 2.45) is 0 Å². The first kappa shape index (κ1) is 34.5. The van der Waals surface area contributed by atoms with E-state index < -0.39 is 5.41 Å². The maximum absolute atomic E-state index is 5.36. The van der Waals surface area contributed by atoms with E-state index in [0.717, 1.165) is 27.5 Å². The van der Waals surface area contributed by atoms with Crippen molar-refractivity contribution in [1.29, 1.82) is 0 Å². The molecule has 2 aliphatic carbocycles. The van der Waals surface area contributed by atoms with Crippen molar-refractivity contribution in [3.8, 4) is 56.4 Å². The summed E-state index contributed by atoms with van der Waals surface area (Å²) in [5.74, 6) is 1.96. The van der Waals surface area contributed by atoms with Crippen molar-refractivity contribution in [1.82, 2.24) is 15.0 Å². The van der Waals surface area contributed by atoms with Gasteiger partial charge in [0.25, 0.3) is 0 Å². The van der Waals surface area contributed by atoms with Gasteiger partial charge in [-0.3, -0.25) is 0 Å². The molecule has 0 unspecified atom stereocenters. The molecule has 12 rings (SSSR count). The molecule has 0 aliphatic heterocycles. The average molecular weight is 766 g/mol. The lowest BCUT2D eigenvalue weighted by molar-refractivity contribution is 0.666. The minimum atomic E-state index is -0.481. The van der Waals surface area contributed by atoms with Gasteiger partial charge in [0.1, 0.15) is 0 Å². The molecular formula is C57H39N3. The van der Waals surface area contributed by atoms with Gasteiger partial charge in [0, 0.05) is 22.1 Å². The van der Waals surface area contributed by atoms with Gasteiger partial charge in [-0.15, -0.1) is 0 Å². The molecule has 10 aromatic rings. The topological polar surface area (TPSA) is 38.7 Å². The summed E-state index contributed by atoms with van der Waals surface area (Å²) in [7, 11) is 0. The second kappa shape index (κ2) is 13.0. The lowest BCUT2D eigenvalue weighted by atomic mass is 9.67. The Morgan fingerprint density at radius 1 is 0.333 bits per heavy atom. The summed E-state index contributed by atoms with van der Waals surface area (Å²) in [6, 6.07) is 72.5. The first-order chi connectivity index (χ1) is 29.5. The molecule has 282 valence electrons. The number of nitrogens with zero attached hydrogens (tertiary/aromatic N) is 3. The van der Waals surface area contributed by atoms with Crippen molar-refractivity contribution in [3.05, 3.63) is 234 Å². The molecule has 1 heterocycles. The number of hydrogen-bond donors (Lipinski definition) is 0. The quantitative estimate of drug-likeness (QED) is 0.175. The molecule has 0 saturated carbocycles. The Kier molecular flexibility index (Phi) is 7.49. The number of benzene rings is 9. The van der Waals surface area contributed by atoms with Gasteiger partial charge in [-0.1, -0.05) is 202 Å². The predicted octanol–water partition coefficient (Wildman–Crippen LogP) is 13.8. The fraction of sp³-hybridized carbons (Fsp3) is 0.0702. The molecule has 3 nitrogen and oxygen atoms in total. The molecule has 0 fully saturated rings. The Morgan fingerprint density at radius 3 is 1.53 bits per heavy atom. The van der Waals surface area contributed by atoms with Crippen LogP contribution in [0, 0.1) is 0 Å². The first-order valence-corrected chi connectivity index (χ1v) is 20.8. The molecule has 0 N–H and O–H groups in total. The van der Waals surface area contributed by atoms with Crippen LogP contribution in [0.5, 0.6) is 0 Å². The van der Waals surface area contributed by atoms with E-state index in [2.05, 4.69) is 214 Å². The van der Waals surface area contributed by atoms with E-state index in [9.17, 15) is 0 Å². The van der Waals surface area contributed by atoms with E-state index in [1.165, 1.54) is 66.4 Å². The lowest BCUT2D eigenvalue weighted by Crippen LogP contribution is -2.28. The van der Waals surface area contributed by atoms with Crippen molar-refractivity contribution in [2.45, 2.75) is 24.7 Å². The van der Waals surface area contributed by atoms with E-state index in [4.69, 9.17) is 15.0 Å². The maximum atomic E-state index is 5.36. The fourth-order valence-corrected chi connectivity index (χ4v) is 10.5. The largest absolute Gasteiger partial charge is 0.208 e. The molecule has 2 aliphatic rings. The highest BCUT2D eigenvalue weighted by molar-refractivity contribution is 5.99. The third kappa shape index (κ3) is 4.93. The van der Waals surface area contributed by atoms with Gasteiger partial charge < -0.3 is 0 Å². The second-order valence-electron chi connectivity index (χ2n) is 16.7. The number of hydrogen-bond acceptors (Lipinski definition) is 3. The Labute approximate surface area is 349 Å². The predicted molar refractivity (Wildman–Crippen MR) is 246 cm³/mol. The van der Waals surface area contributed by atoms with Crippen molar-refractivity contribution < 1.29 is 0 Å². The van der Waals surface area contributed by atoms with Gasteiger partial charge >= 0.3 is 0 Å². The summed E-state index contributed by atoms with van der Waals surface area (Å²) in [4.78, 5) is 16.0. The van der Waals surface area contributed by atoms with Gasteiger partial charge in [0.2, 0.25) is 0 Å². The standard InChI is InChI=1S/C57H39N3/c1-56(2)49-32-29-38(35-48(49)45-31-28-37-17-10-12-24-43(37)52(45)56)53-58-54(60-55(59-53)46-26-15-18-36-16-9-11-23-42(36)46)39-30-33-51-47(34-39)44-25-13-14-27-50(44)57(51,40-19-5-3-6-20-40)41-21-7-4-8-22-41/h3-35H,1-2H3. The zero-order valence-corrected chi connectivity index (χ0v) is 33.4. The molecule has 9 aromatic carbocycles. The smallest absolute Gasteiger partial charge is 0.164 e. The summed E-state index contributed by atoms with van der Waals surface area (Å²) >= 11 is 0. The van der Waals surface area contributed by atoms with Crippen LogP contribution in [0.15, 0.2) is 200 Å². The third-order valence-corrected chi connectivity index (χ3v) is 13.2. The molecular weight excluding hydrogens is 727 g/mol. The molecule has 0 radical (unpaired) electrons. The van der Waals surface area contributed by atoms with Crippen LogP contribution in [0.2, 0.25) is 0 Å². The molecule has 0 bridgehead atoms. The van der Waals surface area contributed by atoms with Crippen LogP contribution in [-0.2, 0) is 10.8 Å². The maximum Gasteiger partial charge on any atom is 0.164 e. The molecule has 0 spiro atoms. The Morgan fingerprint density at radius 2 is 0.833 bits per heavy atom. The second-order valence-corrected chi connectivity index (χ2v) is 16.7. The van der Waals surface area contributed by atoms with E-state index in [0.29, 0.717) is 17.5 Å². The normalized spacial score (nSPS) is 14.1. The van der Waals surface area contributed by atoms with Crippen LogP contribution in [0.1, 0.15) is 47.2 Å². The van der Waals surface area contributed by atoms with E-state index in [1.54, 1.807) is 0 Å². The SMILES string of the molecule is CC1(C)c2ccc(-c3nc(-c4ccc5c(c4)-c4ccccc4C5(c4ccccc4)c4ccccc4)nc(-c4cccc5ccccc45)n3)cc2-c2ccc3ccccc3c21. The third-order valence-electron chi connectivity index (χ3n) is 13.2. The summed E-state index contributed by atoms with van der Waals surface area (Å²) in [6.45, 7) is 4.69. The van der Waals surface area contributed by atoms with Crippen LogP contribution in [0.25, 0.3) is 78.0 Å². The molecule has 0 saturated heterocycles. The molecule has 60 heavy (non-hydrogen) atoms. The van der Waals surface area contributed by atoms with Crippen LogP contribution >= 0.6 is 0 Å². The van der Waals surface area contributed by atoms with E-state index in [1.807, 2.05) is 0 Å². The van der Waals surface area contributed by atoms with Gasteiger partial charge in [0.05, 0.1) is 5.41 Å². The molecule has 1 aromatic heterocycles. The fourth-order valence-electron chi connectivity index (χ4n) is 10.5. The van der Waals surface area contributed by atoms with Crippen LogP contribution in [-0.4, -0.2) is 15.0 Å². The van der Waals surface area contributed by atoms with Crippen LogP contribution in [0.3, 0.4) is 0 Å². The van der Waals surface area contributed by atoms with Gasteiger partial charge in [-0.05, 0) is 89.3 Å². The van der Waals surface area contributed by atoms with E-state index >= 15 is 0 Å². The summed E-state index contributed by atoms with van der Waals surface area (Å²) in [5.41, 5.74) is 14.9. The van der Waals surface area contributed by atoms with Crippen molar-refractivity contribution in [3.63, 3.8) is 0 Å². The highest BCUT2D eigenvalue weighted by Crippen LogP contribution is 2.57. The minimum Gasteiger partial charge on any atom is -0.208 e. The Hall–Kier alpha value is -7.49. The summed E-state index contributed by atoms with van der Waals surface area (Å²) < 4.78 is 0. The van der Waals surface area contributed by atoms with Gasteiger partial charge in [0.15, 0.2) is 17.5 Å². The molecule has 3 heteroatoms. The number of rotatable bonds is 5. The average Bonchev–Trinajstić information content (AvgIpc) is 3.74. The minimum absolute atomic E-state index is 0.155. The van der Waals surface area contributed by atoms with Gasteiger partial charge in [-0.2, -0.15) is 0 Å². The Bertz CT molecular complexity index is 3300. The van der Waals surface area contributed by atoms with Crippen molar-refractivity contribution in [2.75, 3.05) is 0 Å². The highest BCUT2D eigenvalue weighted by Gasteiger charge is 2.46. The monoisotopic (exact) mass is 765 g/mol. The van der Waals surface area contributed by atoms with E-state index in [-0.39, 0.29) is 5.41 Å². The van der Waals surface area contributed by atoms with Crippen LogP contribution < -0.4 is 0 Å². The lowest BCUT2D eigenvalue weighted by Gasteiger charge is -2.33. The number of aromatic nitrogens is 3. The zero-order valence-electron chi connectivity index (χ0n) is 33.4. The van der Waals surface area contributed by atoms with Crippen molar-refractivity contribution >= 4 is 21.5 Å². The van der Waals surface area contributed by atoms with Gasteiger partial charge in [-0.25, -0.2) is 15.0 Å². The molecule has 0 atom stereocenters. The highest BCUT2D eigenvalue weighted by atomic mass is 15.0. The Balaban J connectivity index is 1.08.